The molecule has 0 amide bonds. The molecule has 3 N–H and O–H groups in total. The highest BCUT2D eigenvalue weighted by atomic mass is 16.6. The molecule has 6 rings (SSSR count). The molecule has 0 bridgehead atoms. The van der Waals surface area contributed by atoms with E-state index < -0.39 is 0 Å². The number of aliphatic hydroxyl groups is 1. The Kier molecular flexibility index (Phi) is 12.7. The first kappa shape index (κ1) is 32.0. The van der Waals surface area contributed by atoms with Gasteiger partial charge in [0, 0.05) is 74.6 Å². The van der Waals surface area contributed by atoms with Crippen molar-refractivity contribution in [3.63, 3.8) is 0 Å². The Morgan fingerprint density at radius 2 is 0.976 bits per heavy atom. The Morgan fingerprint density at radius 1 is 0.619 bits per heavy atom. The number of hydrogen-bond acceptors (Lipinski definition) is 8. The minimum Gasteiger partial charge on any atom is -0.400 e. The number of benzene rings is 2. The monoisotopic (exact) mass is 580 g/mol. The van der Waals surface area contributed by atoms with E-state index in [4.69, 9.17) is 10.8 Å². The number of anilines is 3. The van der Waals surface area contributed by atoms with E-state index in [0.717, 1.165) is 43.7 Å². The number of nitro benzene ring substituents is 1. The van der Waals surface area contributed by atoms with E-state index in [2.05, 4.69) is 31.7 Å². The number of aliphatic hydroxyl groups excluding tert-OH is 1. The Morgan fingerprint density at radius 3 is 1.33 bits per heavy atom. The standard InChI is InChI=1S/C16H23N3O2.C16H25N3.CH4O/c20-19(21)16-6-4-14(5-7-16)18-12-8-15(9-13-18)17-10-2-1-3-11-17;17-14-4-6-15(7-5-14)19-12-8-16(9-13-19)18-10-2-1-3-11-18;1-2/h4-7,15H,1-3,8-13H2;4-7,16H,1-3,8-13,17H2;2H,1H3. The summed E-state index contributed by atoms with van der Waals surface area (Å²) in [6.45, 7) is 9.66. The molecule has 0 aromatic heterocycles. The molecule has 4 aliphatic heterocycles. The van der Waals surface area contributed by atoms with Crippen LogP contribution in [0.25, 0.3) is 0 Å². The molecular formula is C33H52N6O3. The van der Waals surface area contributed by atoms with Crippen molar-refractivity contribution in [1.29, 1.82) is 0 Å². The molecule has 9 nitrogen and oxygen atoms in total. The number of nitrogen functional groups attached to an aromatic ring is 1. The average Bonchev–Trinajstić information content (AvgIpc) is 3.07. The first-order chi connectivity index (χ1) is 20.6. The number of non-ortho nitro benzene ring substituents is 1. The molecule has 0 radical (unpaired) electrons. The minimum atomic E-state index is -0.341. The van der Waals surface area contributed by atoms with Gasteiger partial charge in [0.25, 0.3) is 5.69 Å². The molecule has 4 fully saturated rings. The molecule has 0 saturated carbocycles. The molecule has 0 spiro atoms. The summed E-state index contributed by atoms with van der Waals surface area (Å²) >= 11 is 0. The lowest BCUT2D eigenvalue weighted by Gasteiger charge is -2.41. The van der Waals surface area contributed by atoms with Gasteiger partial charge < -0.3 is 30.4 Å². The van der Waals surface area contributed by atoms with Crippen LogP contribution in [0.5, 0.6) is 0 Å². The quantitative estimate of drug-likeness (QED) is 0.276. The van der Waals surface area contributed by atoms with Crippen LogP contribution < -0.4 is 15.5 Å². The van der Waals surface area contributed by atoms with Crippen LogP contribution in [0.3, 0.4) is 0 Å². The van der Waals surface area contributed by atoms with Crippen molar-refractivity contribution in [1.82, 2.24) is 9.80 Å². The smallest absolute Gasteiger partial charge is 0.269 e. The maximum atomic E-state index is 10.7. The van der Waals surface area contributed by atoms with Crippen LogP contribution in [0.1, 0.15) is 64.2 Å². The maximum Gasteiger partial charge on any atom is 0.269 e. The molecule has 2 aromatic rings. The van der Waals surface area contributed by atoms with Crippen LogP contribution in [0.4, 0.5) is 22.7 Å². The molecule has 4 saturated heterocycles. The third-order valence-electron chi connectivity index (χ3n) is 9.43. The third-order valence-corrected chi connectivity index (χ3v) is 9.43. The molecular weight excluding hydrogens is 528 g/mol. The van der Waals surface area contributed by atoms with Crippen LogP contribution in [0, 0.1) is 10.1 Å². The van der Waals surface area contributed by atoms with E-state index in [1.54, 1.807) is 12.1 Å². The molecule has 2 aromatic carbocycles. The van der Waals surface area contributed by atoms with Gasteiger partial charge in [-0.25, -0.2) is 0 Å². The Labute approximate surface area is 252 Å². The molecule has 9 heteroatoms. The van der Waals surface area contributed by atoms with E-state index in [1.165, 1.54) is 109 Å². The van der Waals surface area contributed by atoms with Gasteiger partial charge in [0.2, 0.25) is 0 Å². The van der Waals surface area contributed by atoms with Gasteiger partial charge >= 0.3 is 0 Å². The summed E-state index contributed by atoms with van der Waals surface area (Å²) in [5.74, 6) is 0. The van der Waals surface area contributed by atoms with Gasteiger partial charge in [0.1, 0.15) is 0 Å². The normalized spacial score (nSPS) is 21.1. The van der Waals surface area contributed by atoms with Gasteiger partial charge in [-0.05, 0) is 114 Å². The first-order valence-electron chi connectivity index (χ1n) is 16.1. The van der Waals surface area contributed by atoms with E-state index in [-0.39, 0.29) is 10.6 Å². The van der Waals surface area contributed by atoms with Crippen LogP contribution in [0.2, 0.25) is 0 Å². The highest BCUT2D eigenvalue weighted by Crippen LogP contribution is 2.27. The largest absolute Gasteiger partial charge is 0.400 e. The molecule has 0 atom stereocenters. The van der Waals surface area contributed by atoms with E-state index in [9.17, 15) is 10.1 Å². The maximum absolute atomic E-state index is 10.7. The van der Waals surface area contributed by atoms with Crippen molar-refractivity contribution in [3.8, 4) is 0 Å². The zero-order valence-electron chi connectivity index (χ0n) is 25.6. The Hall–Kier alpha value is -2.88. The number of nitro groups is 1. The summed E-state index contributed by atoms with van der Waals surface area (Å²) in [5.41, 5.74) is 9.21. The summed E-state index contributed by atoms with van der Waals surface area (Å²) in [5, 5.41) is 17.7. The molecule has 0 aliphatic carbocycles. The van der Waals surface area contributed by atoms with Crippen molar-refractivity contribution < 1.29 is 10.0 Å². The third kappa shape index (κ3) is 9.06. The predicted octanol–water partition coefficient (Wildman–Crippen LogP) is 5.38. The van der Waals surface area contributed by atoms with Crippen molar-refractivity contribution >= 4 is 22.7 Å². The summed E-state index contributed by atoms with van der Waals surface area (Å²) in [7, 11) is 1.00. The lowest BCUT2D eigenvalue weighted by molar-refractivity contribution is -0.384. The summed E-state index contributed by atoms with van der Waals surface area (Å²) < 4.78 is 0. The molecule has 232 valence electrons. The molecule has 0 unspecified atom stereocenters. The fourth-order valence-corrected chi connectivity index (χ4v) is 7.02. The van der Waals surface area contributed by atoms with Crippen molar-refractivity contribution in [2.45, 2.75) is 76.3 Å². The summed E-state index contributed by atoms with van der Waals surface area (Å²) in [4.78, 5) is 20.6. The van der Waals surface area contributed by atoms with E-state index >= 15 is 0 Å². The van der Waals surface area contributed by atoms with Crippen LogP contribution >= 0.6 is 0 Å². The number of nitrogens with two attached hydrogens (primary N) is 1. The highest BCUT2D eigenvalue weighted by Gasteiger charge is 2.27. The van der Waals surface area contributed by atoms with Crippen molar-refractivity contribution in [3.05, 3.63) is 58.6 Å². The highest BCUT2D eigenvalue weighted by molar-refractivity contribution is 5.53. The predicted molar refractivity (Wildman–Crippen MR) is 173 cm³/mol. The number of likely N-dealkylation sites (tertiary alicyclic amines) is 2. The number of rotatable bonds is 5. The van der Waals surface area contributed by atoms with E-state index in [1.807, 2.05) is 24.3 Å². The van der Waals surface area contributed by atoms with Crippen LogP contribution in [-0.4, -0.2) is 91.4 Å². The van der Waals surface area contributed by atoms with Gasteiger partial charge in [-0.1, -0.05) is 12.8 Å². The molecule has 4 heterocycles. The fourth-order valence-electron chi connectivity index (χ4n) is 7.02. The SMILES string of the molecule is CO.Nc1ccc(N2CCC(N3CCCCC3)CC2)cc1.O=[N+]([O-])c1ccc(N2CCC(N3CCCCC3)CC2)cc1. The second-order valence-corrected chi connectivity index (χ2v) is 12.0. The number of nitrogens with zero attached hydrogens (tertiary/aromatic N) is 5. The van der Waals surface area contributed by atoms with Crippen molar-refractivity contribution in [2.75, 3.05) is 75.0 Å². The first-order valence-corrected chi connectivity index (χ1v) is 16.1. The second kappa shape index (κ2) is 16.7. The molecule has 4 aliphatic rings. The zero-order valence-corrected chi connectivity index (χ0v) is 25.6. The van der Waals surface area contributed by atoms with Gasteiger partial charge in [0.05, 0.1) is 4.92 Å². The van der Waals surface area contributed by atoms with Crippen LogP contribution in [-0.2, 0) is 0 Å². The Bertz CT molecular complexity index is 1040. The summed E-state index contributed by atoms with van der Waals surface area (Å²) in [6, 6.07) is 16.8. The molecule has 42 heavy (non-hydrogen) atoms. The fraction of sp³-hybridized carbons (Fsp3) is 0.636. The Balaban J connectivity index is 0.000000183. The van der Waals surface area contributed by atoms with Gasteiger partial charge in [0.15, 0.2) is 0 Å². The van der Waals surface area contributed by atoms with Crippen LogP contribution in [0.15, 0.2) is 48.5 Å². The lowest BCUT2D eigenvalue weighted by atomic mass is 9.99. The van der Waals surface area contributed by atoms with Gasteiger partial charge in [-0.3, -0.25) is 10.1 Å². The number of hydrogen-bond donors (Lipinski definition) is 2. The second-order valence-electron chi connectivity index (χ2n) is 12.0. The van der Waals surface area contributed by atoms with Gasteiger partial charge in [-0.15, -0.1) is 0 Å². The zero-order chi connectivity index (χ0) is 29.7. The van der Waals surface area contributed by atoms with Gasteiger partial charge in [-0.2, -0.15) is 0 Å². The average molecular weight is 581 g/mol. The summed E-state index contributed by atoms with van der Waals surface area (Å²) in [6.07, 6.45) is 13.4. The minimum absolute atomic E-state index is 0.168. The van der Waals surface area contributed by atoms with Crippen molar-refractivity contribution in [2.24, 2.45) is 0 Å². The number of piperidine rings is 4. The topological polar surface area (TPSA) is 102 Å². The van der Waals surface area contributed by atoms with E-state index in [0.29, 0.717) is 0 Å². The lowest BCUT2D eigenvalue weighted by Crippen LogP contribution is -2.46.